The fourth-order valence-electron chi connectivity index (χ4n) is 3.29. The van der Waals surface area contributed by atoms with Crippen molar-refractivity contribution in [2.24, 2.45) is 0 Å². The molecule has 8 heteroatoms. The van der Waals surface area contributed by atoms with E-state index in [9.17, 15) is 18.4 Å². The maximum absolute atomic E-state index is 13.1. The second-order valence-corrected chi connectivity index (χ2v) is 6.52. The number of piperidine rings is 1. The smallest absolute Gasteiger partial charge is 0.317 e. The van der Waals surface area contributed by atoms with Crippen LogP contribution in [0.15, 0.2) is 18.2 Å². The number of amides is 1. The highest BCUT2D eigenvalue weighted by Gasteiger charge is 2.25. The highest BCUT2D eigenvalue weighted by atomic mass is 19.1. The summed E-state index contributed by atoms with van der Waals surface area (Å²) in [4.78, 5) is 26.9. The van der Waals surface area contributed by atoms with Gasteiger partial charge in [-0.05, 0) is 37.1 Å². The lowest BCUT2D eigenvalue weighted by molar-refractivity contribution is -0.139. The quantitative estimate of drug-likeness (QED) is 0.726. The highest BCUT2D eigenvalue weighted by molar-refractivity contribution is 5.78. The van der Waals surface area contributed by atoms with Gasteiger partial charge in [-0.2, -0.15) is 0 Å². The molecule has 1 heterocycles. The first-order valence-electron chi connectivity index (χ1n) is 8.77. The molecule has 2 N–H and O–H groups in total. The Morgan fingerprint density at radius 3 is 2.38 bits per heavy atom. The van der Waals surface area contributed by atoms with Crippen LogP contribution in [0.4, 0.5) is 8.78 Å². The van der Waals surface area contributed by atoms with Crippen LogP contribution in [0, 0.1) is 11.6 Å². The summed E-state index contributed by atoms with van der Waals surface area (Å²) in [5.74, 6) is -2.37. The number of carbonyl (C=O) groups excluding carboxylic acids is 1. The topological polar surface area (TPSA) is 72.9 Å². The van der Waals surface area contributed by atoms with Gasteiger partial charge >= 0.3 is 5.97 Å². The van der Waals surface area contributed by atoms with E-state index in [1.54, 1.807) is 0 Å². The number of carboxylic acids is 1. The molecule has 2 rings (SSSR count). The number of nitrogens with one attached hydrogen (secondary N) is 1. The molecule has 1 amide bonds. The number of likely N-dealkylation sites (N-methyl/N-ethyl adjacent to an activating group) is 1. The summed E-state index contributed by atoms with van der Waals surface area (Å²) < 4.78 is 26.3. The van der Waals surface area contributed by atoms with Crippen molar-refractivity contribution in [2.75, 3.05) is 32.7 Å². The monoisotopic (exact) mass is 369 g/mol. The molecule has 0 aliphatic carbocycles. The number of nitrogens with zero attached hydrogens (tertiary/aromatic N) is 2. The van der Waals surface area contributed by atoms with Crippen molar-refractivity contribution in [2.45, 2.75) is 32.4 Å². The van der Waals surface area contributed by atoms with Gasteiger partial charge in [0.25, 0.3) is 0 Å². The number of benzene rings is 1. The summed E-state index contributed by atoms with van der Waals surface area (Å²) in [6, 6.07) is 3.39. The molecule has 0 unspecified atom stereocenters. The van der Waals surface area contributed by atoms with Crippen LogP contribution in [-0.2, 0) is 16.1 Å². The average Bonchev–Trinajstić information content (AvgIpc) is 2.58. The van der Waals surface area contributed by atoms with E-state index in [0.717, 1.165) is 18.9 Å². The largest absolute Gasteiger partial charge is 0.480 e. The lowest BCUT2D eigenvalue weighted by Crippen LogP contribution is -2.48. The Hall–Kier alpha value is -2.06. The third-order valence-electron chi connectivity index (χ3n) is 4.60. The molecule has 1 saturated heterocycles. The number of aliphatic carboxylic acids is 1. The lowest BCUT2D eigenvalue weighted by Gasteiger charge is -2.37. The zero-order valence-corrected chi connectivity index (χ0v) is 14.9. The number of hydrogen-bond acceptors (Lipinski definition) is 4. The van der Waals surface area contributed by atoms with E-state index in [0.29, 0.717) is 25.2 Å². The Kier molecular flexibility index (Phi) is 7.47. The Morgan fingerprint density at radius 1 is 1.23 bits per heavy atom. The van der Waals surface area contributed by atoms with E-state index in [1.807, 2.05) is 16.7 Å². The van der Waals surface area contributed by atoms with Crippen LogP contribution in [0.5, 0.6) is 0 Å². The lowest BCUT2D eigenvalue weighted by atomic mass is 10.0. The van der Waals surface area contributed by atoms with Crippen molar-refractivity contribution in [3.8, 4) is 0 Å². The standard InChI is InChI=1S/C18H25F2N3O3/c1-2-23(12-18(25)26)16-3-5-22(6-4-16)11-17(24)21-10-13-7-14(19)9-15(20)8-13/h7-9,16H,2-6,10-12H2,1H3,(H,21,24)(H,25,26). The molecule has 1 aromatic rings. The Morgan fingerprint density at radius 2 is 1.85 bits per heavy atom. The molecule has 0 radical (unpaired) electrons. The predicted octanol–water partition coefficient (Wildman–Crippen LogP) is 1.45. The van der Waals surface area contributed by atoms with Gasteiger partial charge in [0.1, 0.15) is 11.6 Å². The van der Waals surface area contributed by atoms with Gasteiger partial charge in [-0.15, -0.1) is 0 Å². The zero-order chi connectivity index (χ0) is 19.1. The molecule has 0 spiro atoms. The molecular formula is C18H25F2N3O3. The van der Waals surface area contributed by atoms with Crippen molar-refractivity contribution in [1.82, 2.24) is 15.1 Å². The number of likely N-dealkylation sites (tertiary alicyclic amines) is 1. The molecule has 1 aliphatic rings. The Bertz CT molecular complexity index is 614. The maximum Gasteiger partial charge on any atom is 0.317 e. The maximum atomic E-state index is 13.1. The van der Waals surface area contributed by atoms with Gasteiger partial charge in [0.2, 0.25) is 5.91 Å². The van der Waals surface area contributed by atoms with Crippen LogP contribution < -0.4 is 5.32 Å². The van der Waals surface area contributed by atoms with Crippen LogP contribution in [0.1, 0.15) is 25.3 Å². The number of carboxylic acid groups (broad SMARTS) is 1. The van der Waals surface area contributed by atoms with Gasteiger partial charge in [-0.25, -0.2) is 8.78 Å². The van der Waals surface area contributed by atoms with Crippen LogP contribution in [-0.4, -0.2) is 65.5 Å². The molecule has 1 aliphatic heterocycles. The van der Waals surface area contributed by atoms with Crippen molar-refractivity contribution < 1.29 is 23.5 Å². The van der Waals surface area contributed by atoms with Crippen molar-refractivity contribution >= 4 is 11.9 Å². The number of rotatable bonds is 8. The van der Waals surface area contributed by atoms with Crippen molar-refractivity contribution in [3.63, 3.8) is 0 Å². The second-order valence-electron chi connectivity index (χ2n) is 6.52. The second kappa shape index (κ2) is 9.59. The number of carbonyl (C=O) groups is 2. The summed E-state index contributed by atoms with van der Waals surface area (Å²) in [6.07, 6.45) is 1.62. The van der Waals surface area contributed by atoms with Crippen LogP contribution >= 0.6 is 0 Å². The third kappa shape index (κ3) is 6.34. The Labute approximate surface area is 151 Å². The average molecular weight is 369 g/mol. The van der Waals surface area contributed by atoms with E-state index >= 15 is 0 Å². The number of hydrogen-bond donors (Lipinski definition) is 2. The zero-order valence-electron chi connectivity index (χ0n) is 14.9. The van der Waals surface area contributed by atoms with E-state index in [1.165, 1.54) is 12.1 Å². The third-order valence-corrected chi connectivity index (χ3v) is 4.60. The minimum atomic E-state index is -0.831. The van der Waals surface area contributed by atoms with Gasteiger partial charge in [0.15, 0.2) is 0 Å². The van der Waals surface area contributed by atoms with E-state index in [2.05, 4.69) is 5.32 Å². The van der Waals surface area contributed by atoms with Crippen LogP contribution in [0.2, 0.25) is 0 Å². The Balaban J connectivity index is 1.74. The first-order valence-corrected chi connectivity index (χ1v) is 8.77. The summed E-state index contributed by atoms with van der Waals surface area (Å²) in [6.45, 7) is 4.37. The van der Waals surface area contributed by atoms with Gasteiger partial charge in [-0.1, -0.05) is 6.92 Å². The van der Waals surface area contributed by atoms with E-state index < -0.39 is 17.6 Å². The van der Waals surface area contributed by atoms with Gasteiger partial charge in [-0.3, -0.25) is 19.4 Å². The molecule has 0 aromatic heterocycles. The molecule has 1 aromatic carbocycles. The van der Waals surface area contributed by atoms with E-state index in [-0.39, 0.29) is 31.6 Å². The molecular weight excluding hydrogens is 344 g/mol. The minimum absolute atomic E-state index is 0.0336. The van der Waals surface area contributed by atoms with Gasteiger partial charge < -0.3 is 10.4 Å². The molecule has 0 bridgehead atoms. The first-order chi connectivity index (χ1) is 12.4. The molecule has 1 fully saturated rings. The number of halogens is 2. The van der Waals surface area contributed by atoms with E-state index in [4.69, 9.17) is 5.11 Å². The SMILES string of the molecule is CCN(CC(=O)O)C1CCN(CC(=O)NCc2cc(F)cc(F)c2)CC1. The molecule has 144 valence electrons. The first kappa shape index (κ1) is 20.3. The molecule has 6 nitrogen and oxygen atoms in total. The highest BCUT2D eigenvalue weighted by Crippen LogP contribution is 2.16. The van der Waals surface area contributed by atoms with Gasteiger partial charge in [0.05, 0.1) is 13.1 Å². The van der Waals surface area contributed by atoms with Crippen molar-refractivity contribution in [1.29, 1.82) is 0 Å². The summed E-state index contributed by atoms with van der Waals surface area (Å²) >= 11 is 0. The van der Waals surface area contributed by atoms with Crippen molar-refractivity contribution in [3.05, 3.63) is 35.4 Å². The summed E-state index contributed by atoms with van der Waals surface area (Å²) in [5.41, 5.74) is 0.377. The molecule has 0 saturated carbocycles. The van der Waals surface area contributed by atoms with Gasteiger partial charge in [0, 0.05) is 31.7 Å². The van der Waals surface area contributed by atoms with Crippen LogP contribution in [0.3, 0.4) is 0 Å². The minimum Gasteiger partial charge on any atom is -0.480 e. The van der Waals surface area contributed by atoms with Crippen LogP contribution in [0.25, 0.3) is 0 Å². The predicted molar refractivity (Wildman–Crippen MR) is 92.5 cm³/mol. The summed E-state index contributed by atoms with van der Waals surface area (Å²) in [7, 11) is 0. The fourth-order valence-corrected chi connectivity index (χ4v) is 3.29. The fraction of sp³-hybridized carbons (Fsp3) is 0.556. The molecule has 26 heavy (non-hydrogen) atoms. The molecule has 0 atom stereocenters. The summed E-state index contributed by atoms with van der Waals surface area (Å²) in [5, 5.41) is 11.6. The normalized spacial score (nSPS) is 16.0.